The highest BCUT2D eigenvalue weighted by Gasteiger charge is 2.22. The van der Waals surface area contributed by atoms with Gasteiger partial charge in [0.1, 0.15) is 0 Å². The summed E-state index contributed by atoms with van der Waals surface area (Å²) in [5.74, 6) is 0.308. The minimum absolute atomic E-state index is 0.308. The van der Waals surface area contributed by atoms with Crippen LogP contribution in [0.25, 0.3) is 82.1 Å². The Bertz CT molecular complexity index is 3550. The number of aromatic nitrogens is 1. The van der Waals surface area contributed by atoms with Gasteiger partial charge >= 0.3 is 0 Å². The van der Waals surface area contributed by atoms with Crippen molar-refractivity contribution >= 4 is 65.5 Å². The van der Waals surface area contributed by atoms with Crippen LogP contribution in [0.1, 0.15) is 17.9 Å². The molecule has 62 heavy (non-hydrogen) atoms. The van der Waals surface area contributed by atoms with E-state index in [2.05, 4.69) is 246 Å². The van der Waals surface area contributed by atoms with Gasteiger partial charge in [-0.15, -0.1) is 0 Å². The molecule has 11 aromatic rings. The van der Waals surface area contributed by atoms with E-state index in [1.165, 1.54) is 87.6 Å². The molecular weight excluding hydrogens is 749 g/mol. The van der Waals surface area contributed by atoms with Gasteiger partial charge in [-0.25, -0.2) is 0 Å². The molecule has 2 heteroatoms. The summed E-state index contributed by atoms with van der Waals surface area (Å²) in [6, 6.07) is 80.0. The standard InChI is InChI=1S/C60H42N2/c1-2-18-51(19-3-1)62-58-23-11-22-55(59(58)57-37-32-45-14-8-9-21-56(45)60(57)62)50-17-10-20-54(40-50)61(52-33-28-43(29-34-52)48-26-24-41-12-4-6-15-46(41)38-48)53-35-30-44(31-36-53)49-27-25-42-13-5-7-16-47(42)39-49/h1-30,32-40,44H,31H2. The third-order valence-corrected chi connectivity index (χ3v) is 12.9. The van der Waals surface area contributed by atoms with Gasteiger partial charge < -0.3 is 9.47 Å². The zero-order chi connectivity index (χ0) is 41.0. The molecule has 1 atom stereocenters. The first-order chi connectivity index (χ1) is 30.7. The van der Waals surface area contributed by atoms with Gasteiger partial charge in [0.05, 0.1) is 11.0 Å². The maximum Gasteiger partial charge on any atom is 0.0619 e. The molecule has 1 aliphatic rings. The molecule has 1 aromatic heterocycles. The molecule has 0 saturated carbocycles. The van der Waals surface area contributed by atoms with E-state index >= 15 is 0 Å². The Balaban J connectivity index is 0.987. The Morgan fingerprint density at radius 2 is 1.11 bits per heavy atom. The number of anilines is 2. The summed E-state index contributed by atoms with van der Waals surface area (Å²) in [6.07, 6.45) is 8.06. The molecule has 0 spiro atoms. The first-order valence-electron chi connectivity index (χ1n) is 21.6. The largest absolute Gasteiger partial charge is 0.311 e. The highest BCUT2D eigenvalue weighted by molar-refractivity contribution is 6.22. The fraction of sp³-hybridized carbons (Fsp3) is 0.0333. The van der Waals surface area contributed by atoms with E-state index in [1.807, 2.05) is 0 Å². The molecule has 1 aliphatic carbocycles. The molecule has 1 unspecified atom stereocenters. The topological polar surface area (TPSA) is 8.17 Å². The minimum Gasteiger partial charge on any atom is -0.311 e. The first kappa shape index (κ1) is 36.0. The lowest BCUT2D eigenvalue weighted by molar-refractivity contribution is 0.841. The monoisotopic (exact) mass is 790 g/mol. The molecule has 0 aliphatic heterocycles. The summed E-state index contributed by atoms with van der Waals surface area (Å²) in [6.45, 7) is 0. The lowest BCUT2D eigenvalue weighted by Crippen LogP contribution is -2.17. The number of fused-ring (bicyclic) bond motifs is 7. The zero-order valence-electron chi connectivity index (χ0n) is 34.2. The number of hydrogen-bond acceptors (Lipinski definition) is 1. The van der Waals surface area contributed by atoms with Crippen LogP contribution >= 0.6 is 0 Å². The van der Waals surface area contributed by atoms with Crippen LogP contribution in [-0.4, -0.2) is 4.57 Å². The lowest BCUT2D eigenvalue weighted by Gasteiger charge is -2.29. The molecule has 0 amide bonds. The fourth-order valence-corrected chi connectivity index (χ4v) is 9.81. The van der Waals surface area contributed by atoms with Gasteiger partial charge in [0.2, 0.25) is 0 Å². The fourth-order valence-electron chi connectivity index (χ4n) is 9.81. The maximum absolute atomic E-state index is 2.45. The Labute approximate surface area is 361 Å². The minimum atomic E-state index is 0.308. The van der Waals surface area contributed by atoms with Crippen molar-refractivity contribution in [1.82, 2.24) is 4.57 Å². The zero-order valence-corrected chi connectivity index (χ0v) is 34.2. The van der Waals surface area contributed by atoms with E-state index in [9.17, 15) is 0 Å². The number of nitrogens with zero attached hydrogens (tertiary/aromatic N) is 2. The van der Waals surface area contributed by atoms with E-state index in [0.717, 1.165) is 23.5 Å². The summed E-state index contributed by atoms with van der Waals surface area (Å²) in [5.41, 5.74) is 13.2. The Kier molecular flexibility index (Phi) is 8.67. The third-order valence-electron chi connectivity index (χ3n) is 12.9. The molecule has 292 valence electrons. The van der Waals surface area contributed by atoms with Gasteiger partial charge in [-0.2, -0.15) is 0 Å². The molecule has 0 fully saturated rings. The average molecular weight is 791 g/mol. The van der Waals surface area contributed by atoms with E-state index in [1.54, 1.807) is 0 Å². The smallest absolute Gasteiger partial charge is 0.0619 e. The van der Waals surface area contributed by atoms with Gasteiger partial charge in [0.25, 0.3) is 0 Å². The molecule has 10 aromatic carbocycles. The van der Waals surface area contributed by atoms with Crippen LogP contribution in [0.15, 0.2) is 242 Å². The van der Waals surface area contributed by atoms with E-state index < -0.39 is 0 Å². The van der Waals surface area contributed by atoms with Crippen LogP contribution < -0.4 is 4.90 Å². The van der Waals surface area contributed by atoms with Gasteiger partial charge in [-0.1, -0.05) is 182 Å². The summed E-state index contributed by atoms with van der Waals surface area (Å²) < 4.78 is 2.45. The molecule has 0 saturated heterocycles. The lowest BCUT2D eigenvalue weighted by atomic mass is 9.90. The summed E-state index contributed by atoms with van der Waals surface area (Å²) in [4.78, 5) is 2.43. The second kappa shape index (κ2) is 15.0. The van der Waals surface area contributed by atoms with Crippen molar-refractivity contribution in [3.63, 3.8) is 0 Å². The number of para-hydroxylation sites is 1. The van der Waals surface area contributed by atoms with Crippen LogP contribution in [0, 0.1) is 0 Å². The van der Waals surface area contributed by atoms with Gasteiger partial charge in [0.15, 0.2) is 0 Å². The summed E-state index contributed by atoms with van der Waals surface area (Å²) in [7, 11) is 0. The highest BCUT2D eigenvalue weighted by atomic mass is 15.1. The van der Waals surface area contributed by atoms with E-state index in [0.29, 0.717) is 5.92 Å². The highest BCUT2D eigenvalue weighted by Crippen LogP contribution is 2.43. The average Bonchev–Trinajstić information content (AvgIpc) is 3.70. The Morgan fingerprint density at radius 1 is 0.435 bits per heavy atom. The molecular formula is C60H42N2. The van der Waals surface area contributed by atoms with Crippen molar-refractivity contribution in [3.8, 4) is 27.9 Å². The second-order valence-corrected chi connectivity index (χ2v) is 16.5. The van der Waals surface area contributed by atoms with E-state index in [4.69, 9.17) is 0 Å². The molecule has 0 bridgehead atoms. The Morgan fingerprint density at radius 3 is 1.90 bits per heavy atom. The predicted octanol–water partition coefficient (Wildman–Crippen LogP) is 16.3. The number of rotatable bonds is 7. The number of allylic oxidation sites excluding steroid dienone is 3. The Hall–Kier alpha value is -7.94. The van der Waals surface area contributed by atoms with Crippen molar-refractivity contribution in [3.05, 3.63) is 248 Å². The van der Waals surface area contributed by atoms with Crippen molar-refractivity contribution in [2.24, 2.45) is 0 Å². The third kappa shape index (κ3) is 6.19. The normalized spacial score (nSPS) is 13.9. The summed E-state index contributed by atoms with van der Waals surface area (Å²) >= 11 is 0. The molecule has 1 heterocycles. The van der Waals surface area contributed by atoms with Crippen LogP contribution in [0.2, 0.25) is 0 Å². The van der Waals surface area contributed by atoms with Crippen molar-refractivity contribution in [2.75, 3.05) is 4.90 Å². The van der Waals surface area contributed by atoms with Gasteiger partial charge in [-0.05, 0) is 116 Å². The first-order valence-corrected chi connectivity index (χ1v) is 21.6. The van der Waals surface area contributed by atoms with Crippen LogP contribution in [0.4, 0.5) is 11.4 Å². The van der Waals surface area contributed by atoms with Crippen LogP contribution in [0.5, 0.6) is 0 Å². The predicted molar refractivity (Wildman–Crippen MR) is 264 cm³/mol. The van der Waals surface area contributed by atoms with Crippen molar-refractivity contribution in [1.29, 1.82) is 0 Å². The maximum atomic E-state index is 2.45. The van der Waals surface area contributed by atoms with Gasteiger partial charge in [0, 0.05) is 44.8 Å². The molecule has 2 nitrogen and oxygen atoms in total. The number of hydrogen-bond donors (Lipinski definition) is 0. The van der Waals surface area contributed by atoms with Crippen molar-refractivity contribution in [2.45, 2.75) is 12.3 Å². The van der Waals surface area contributed by atoms with Crippen molar-refractivity contribution < 1.29 is 0 Å². The van der Waals surface area contributed by atoms with Crippen LogP contribution in [0.3, 0.4) is 0 Å². The summed E-state index contributed by atoms with van der Waals surface area (Å²) in [5, 5.41) is 10.1. The molecule has 12 rings (SSSR count). The SMILES string of the molecule is C1=CC(c2ccc3ccccc3c2)CC=C1N(c1ccc(-c2ccc3ccccc3c2)cc1)c1cccc(-c2cccc3c2c2ccc4ccccc4c2n3-c2ccccc2)c1. The quantitative estimate of drug-likeness (QED) is 0.156. The number of benzene rings is 10. The van der Waals surface area contributed by atoms with E-state index in [-0.39, 0.29) is 0 Å². The second-order valence-electron chi connectivity index (χ2n) is 16.5. The molecule has 0 radical (unpaired) electrons. The van der Waals surface area contributed by atoms with Gasteiger partial charge in [-0.3, -0.25) is 0 Å². The molecule has 0 N–H and O–H groups in total. The van der Waals surface area contributed by atoms with Crippen LogP contribution in [-0.2, 0) is 0 Å².